The van der Waals surface area contributed by atoms with Gasteiger partial charge in [0.25, 0.3) is 5.89 Å². The Hall–Kier alpha value is -1.62. The van der Waals surface area contributed by atoms with Gasteiger partial charge in [-0.15, -0.1) is 10.2 Å². The molecule has 2 aromatic rings. The Morgan fingerprint density at radius 3 is 3.00 bits per heavy atom. The SMILES string of the molecule is Cc1occc1-c1nnc(CNC2CC2)o1. The van der Waals surface area contributed by atoms with E-state index in [0.29, 0.717) is 24.4 Å². The Morgan fingerprint density at radius 1 is 1.44 bits per heavy atom. The third-order valence-electron chi connectivity index (χ3n) is 2.68. The lowest BCUT2D eigenvalue weighted by Crippen LogP contribution is -2.15. The van der Waals surface area contributed by atoms with Crippen molar-refractivity contribution in [3.05, 3.63) is 24.0 Å². The van der Waals surface area contributed by atoms with Crippen LogP contribution in [0.3, 0.4) is 0 Å². The van der Waals surface area contributed by atoms with Crippen molar-refractivity contribution in [2.45, 2.75) is 32.4 Å². The Labute approximate surface area is 92.9 Å². The van der Waals surface area contributed by atoms with Crippen molar-refractivity contribution in [1.82, 2.24) is 15.5 Å². The van der Waals surface area contributed by atoms with E-state index in [0.717, 1.165) is 11.3 Å². The molecule has 0 bridgehead atoms. The molecule has 0 atom stereocenters. The largest absolute Gasteiger partial charge is 0.469 e. The Bertz CT molecular complexity index is 485. The van der Waals surface area contributed by atoms with E-state index in [4.69, 9.17) is 8.83 Å². The van der Waals surface area contributed by atoms with Crippen LogP contribution in [0.4, 0.5) is 0 Å². The van der Waals surface area contributed by atoms with Crippen molar-refractivity contribution in [2.24, 2.45) is 0 Å². The molecule has 1 fully saturated rings. The van der Waals surface area contributed by atoms with Crippen molar-refractivity contribution >= 4 is 0 Å². The maximum absolute atomic E-state index is 5.54. The first-order valence-electron chi connectivity index (χ1n) is 5.43. The summed E-state index contributed by atoms with van der Waals surface area (Å²) in [6.07, 6.45) is 4.13. The maximum Gasteiger partial charge on any atom is 0.251 e. The molecule has 5 nitrogen and oxygen atoms in total. The van der Waals surface area contributed by atoms with E-state index in [1.807, 2.05) is 13.0 Å². The van der Waals surface area contributed by atoms with E-state index in [2.05, 4.69) is 15.5 Å². The fourth-order valence-electron chi connectivity index (χ4n) is 1.56. The second-order valence-corrected chi connectivity index (χ2v) is 4.05. The fourth-order valence-corrected chi connectivity index (χ4v) is 1.56. The van der Waals surface area contributed by atoms with Crippen LogP contribution in [0, 0.1) is 6.92 Å². The average Bonchev–Trinajstić information content (AvgIpc) is 2.82. The number of nitrogens with one attached hydrogen (secondary N) is 1. The maximum atomic E-state index is 5.54. The molecule has 2 aromatic heterocycles. The predicted octanol–water partition coefficient (Wildman–Crippen LogP) is 1.89. The third kappa shape index (κ3) is 1.86. The van der Waals surface area contributed by atoms with Gasteiger partial charge in [-0.25, -0.2) is 0 Å². The van der Waals surface area contributed by atoms with Gasteiger partial charge in [-0.2, -0.15) is 0 Å². The minimum atomic E-state index is 0.527. The van der Waals surface area contributed by atoms with Gasteiger partial charge >= 0.3 is 0 Å². The standard InChI is InChI=1S/C11H13N3O2/c1-7-9(4-5-15-7)11-14-13-10(16-11)6-12-8-2-3-8/h4-5,8,12H,2-3,6H2,1H3. The van der Waals surface area contributed by atoms with Crippen molar-refractivity contribution < 1.29 is 8.83 Å². The molecule has 0 spiro atoms. The highest BCUT2D eigenvalue weighted by atomic mass is 16.4. The predicted molar refractivity (Wildman–Crippen MR) is 56.6 cm³/mol. The quantitative estimate of drug-likeness (QED) is 0.850. The summed E-state index contributed by atoms with van der Waals surface area (Å²) >= 11 is 0. The van der Waals surface area contributed by atoms with Crippen molar-refractivity contribution in [3.63, 3.8) is 0 Å². The second-order valence-electron chi connectivity index (χ2n) is 4.05. The average molecular weight is 219 g/mol. The van der Waals surface area contributed by atoms with Crippen LogP contribution in [-0.4, -0.2) is 16.2 Å². The lowest BCUT2D eigenvalue weighted by Gasteiger charge is -1.95. The van der Waals surface area contributed by atoms with Crippen molar-refractivity contribution in [1.29, 1.82) is 0 Å². The number of aryl methyl sites for hydroxylation is 1. The van der Waals surface area contributed by atoms with Crippen molar-refractivity contribution in [3.8, 4) is 11.5 Å². The number of aromatic nitrogens is 2. The van der Waals surface area contributed by atoms with Gasteiger partial charge < -0.3 is 14.2 Å². The molecule has 1 aliphatic rings. The van der Waals surface area contributed by atoms with Gasteiger partial charge in [0.1, 0.15) is 5.76 Å². The van der Waals surface area contributed by atoms with E-state index in [-0.39, 0.29) is 0 Å². The van der Waals surface area contributed by atoms with E-state index < -0.39 is 0 Å². The molecule has 84 valence electrons. The van der Waals surface area contributed by atoms with E-state index in [1.165, 1.54) is 12.8 Å². The minimum absolute atomic E-state index is 0.527. The van der Waals surface area contributed by atoms with E-state index >= 15 is 0 Å². The summed E-state index contributed by atoms with van der Waals surface area (Å²) in [7, 11) is 0. The normalized spacial score (nSPS) is 15.6. The number of hydrogen-bond acceptors (Lipinski definition) is 5. The molecule has 0 amide bonds. The first kappa shape index (κ1) is 9.59. The molecule has 0 radical (unpaired) electrons. The molecule has 0 aliphatic heterocycles. The van der Waals surface area contributed by atoms with Crippen LogP contribution in [0.15, 0.2) is 21.2 Å². The molecular weight excluding hydrogens is 206 g/mol. The van der Waals surface area contributed by atoms with Crippen LogP contribution in [0.5, 0.6) is 0 Å². The molecule has 2 heterocycles. The fraction of sp³-hybridized carbons (Fsp3) is 0.455. The van der Waals surface area contributed by atoms with Crippen LogP contribution in [-0.2, 0) is 6.54 Å². The Balaban J connectivity index is 1.74. The van der Waals surface area contributed by atoms with E-state index in [1.54, 1.807) is 6.26 Å². The number of furan rings is 1. The topological polar surface area (TPSA) is 64.1 Å². The van der Waals surface area contributed by atoms with Crippen LogP contribution in [0.25, 0.3) is 11.5 Å². The van der Waals surface area contributed by atoms with Gasteiger partial charge in [0, 0.05) is 6.04 Å². The molecule has 5 heteroatoms. The Morgan fingerprint density at radius 2 is 2.31 bits per heavy atom. The summed E-state index contributed by atoms with van der Waals surface area (Å²) < 4.78 is 10.7. The molecular formula is C11H13N3O2. The smallest absolute Gasteiger partial charge is 0.251 e. The summed E-state index contributed by atoms with van der Waals surface area (Å²) in [6.45, 7) is 2.52. The lowest BCUT2D eigenvalue weighted by atomic mass is 10.3. The van der Waals surface area contributed by atoms with Gasteiger partial charge in [0.15, 0.2) is 0 Å². The van der Waals surface area contributed by atoms with Crippen LogP contribution in [0.1, 0.15) is 24.5 Å². The van der Waals surface area contributed by atoms with Crippen molar-refractivity contribution in [2.75, 3.05) is 0 Å². The van der Waals surface area contributed by atoms with Gasteiger partial charge in [-0.3, -0.25) is 0 Å². The van der Waals surface area contributed by atoms with Crippen LogP contribution >= 0.6 is 0 Å². The monoisotopic (exact) mass is 219 g/mol. The zero-order valence-electron chi connectivity index (χ0n) is 9.06. The Kier molecular flexibility index (Phi) is 2.25. The van der Waals surface area contributed by atoms with Gasteiger partial charge in [-0.1, -0.05) is 0 Å². The third-order valence-corrected chi connectivity index (χ3v) is 2.68. The molecule has 3 rings (SSSR count). The first-order chi connectivity index (χ1) is 7.83. The molecule has 1 saturated carbocycles. The van der Waals surface area contributed by atoms with Gasteiger partial charge in [-0.05, 0) is 25.8 Å². The minimum Gasteiger partial charge on any atom is -0.469 e. The summed E-state index contributed by atoms with van der Waals surface area (Å²) in [5, 5.41) is 11.3. The molecule has 16 heavy (non-hydrogen) atoms. The van der Waals surface area contributed by atoms with Crippen LogP contribution < -0.4 is 5.32 Å². The van der Waals surface area contributed by atoms with Gasteiger partial charge in [0.05, 0.1) is 18.4 Å². The number of hydrogen-bond donors (Lipinski definition) is 1. The lowest BCUT2D eigenvalue weighted by molar-refractivity contribution is 0.474. The molecule has 0 aromatic carbocycles. The highest BCUT2D eigenvalue weighted by Crippen LogP contribution is 2.23. The zero-order chi connectivity index (χ0) is 11.0. The first-order valence-corrected chi connectivity index (χ1v) is 5.43. The van der Waals surface area contributed by atoms with Gasteiger partial charge in [0.2, 0.25) is 5.89 Å². The number of rotatable bonds is 4. The molecule has 0 saturated heterocycles. The zero-order valence-corrected chi connectivity index (χ0v) is 9.06. The molecule has 0 unspecified atom stereocenters. The van der Waals surface area contributed by atoms with E-state index in [9.17, 15) is 0 Å². The summed E-state index contributed by atoms with van der Waals surface area (Å²) in [4.78, 5) is 0. The number of nitrogens with zero attached hydrogens (tertiary/aromatic N) is 2. The summed E-state index contributed by atoms with van der Waals surface area (Å²) in [6, 6.07) is 2.48. The molecule has 1 N–H and O–H groups in total. The highest BCUT2D eigenvalue weighted by molar-refractivity contribution is 5.54. The summed E-state index contributed by atoms with van der Waals surface area (Å²) in [5.41, 5.74) is 0.866. The summed E-state index contributed by atoms with van der Waals surface area (Å²) in [5.74, 6) is 1.95. The highest BCUT2D eigenvalue weighted by Gasteiger charge is 2.21. The molecule has 1 aliphatic carbocycles. The van der Waals surface area contributed by atoms with Crippen LogP contribution in [0.2, 0.25) is 0 Å². The second kappa shape index (κ2) is 3.75.